The summed E-state index contributed by atoms with van der Waals surface area (Å²) in [5, 5.41) is 1.95. The van der Waals surface area contributed by atoms with Crippen LogP contribution in [0.25, 0.3) is 10.9 Å². The lowest BCUT2D eigenvalue weighted by Gasteiger charge is -2.03. The molecular formula is C11H10ClN. The number of fused-ring (bicyclic) bond motifs is 1. The van der Waals surface area contributed by atoms with E-state index in [4.69, 9.17) is 11.6 Å². The van der Waals surface area contributed by atoms with Crippen molar-refractivity contribution < 1.29 is 0 Å². The van der Waals surface area contributed by atoms with Crippen LogP contribution in [0, 0.1) is 13.8 Å². The molecule has 1 aromatic carbocycles. The molecule has 0 aliphatic rings. The lowest BCUT2D eigenvalue weighted by molar-refractivity contribution is 1.32. The summed E-state index contributed by atoms with van der Waals surface area (Å²) in [5.74, 6) is 0. The highest BCUT2D eigenvalue weighted by molar-refractivity contribution is 6.32. The Morgan fingerprint density at radius 2 is 2.00 bits per heavy atom. The van der Waals surface area contributed by atoms with Gasteiger partial charge in [-0.1, -0.05) is 11.6 Å². The molecule has 0 saturated heterocycles. The Hall–Kier alpha value is -1.08. The summed E-state index contributed by atoms with van der Waals surface area (Å²) in [4.78, 5) is 4.32. The van der Waals surface area contributed by atoms with Gasteiger partial charge in [0.2, 0.25) is 0 Å². The van der Waals surface area contributed by atoms with E-state index in [0.29, 0.717) is 0 Å². The Labute approximate surface area is 82.4 Å². The van der Waals surface area contributed by atoms with Gasteiger partial charge < -0.3 is 0 Å². The van der Waals surface area contributed by atoms with E-state index in [-0.39, 0.29) is 0 Å². The van der Waals surface area contributed by atoms with Gasteiger partial charge in [0.05, 0.1) is 5.52 Å². The standard InChI is InChI=1S/C11H10ClN/c1-7-5-9-8(2)10(12)3-4-11(9)13-6-7/h3-6H,1-2H3. The number of pyridine rings is 1. The van der Waals surface area contributed by atoms with Crippen molar-refractivity contribution >= 4 is 22.5 Å². The third-order valence-electron chi connectivity index (χ3n) is 2.21. The first-order chi connectivity index (χ1) is 6.18. The van der Waals surface area contributed by atoms with E-state index < -0.39 is 0 Å². The van der Waals surface area contributed by atoms with Crippen LogP contribution in [0.4, 0.5) is 0 Å². The van der Waals surface area contributed by atoms with Crippen LogP contribution in [-0.2, 0) is 0 Å². The molecule has 0 unspecified atom stereocenters. The van der Waals surface area contributed by atoms with Crippen molar-refractivity contribution in [1.29, 1.82) is 0 Å². The Bertz CT molecular complexity index is 458. The number of benzene rings is 1. The van der Waals surface area contributed by atoms with E-state index in [0.717, 1.165) is 27.1 Å². The minimum Gasteiger partial charge on any atom is -0.256 e. The molecule has 0 spiro atoms. The van der Waals surface area contributed by atoms with E-state index in [1.54, 1.807) is 0 Å². The zero-order valence-electron chi connectivity index (χ0n) is 7.63. The number of aryl methyl sites for hydroxylation is 2. The highest BCUT2D eigenvalue weighted by atomic mass is 35.5. The average Bonchev–Trinajstić information content (AvgIpc) is 2.12. The summed E-state index contributed by atoms with van der Waals surface area (Å²) < 4.78 is 0. The van der Waals surface area contributed by atoms with Crippen LogP contribution in [-0.4, -0.2) is 4.98 Å². The van der Waals surface area contributed by atoms with Gasteiger partial charge in [-0.3, -0.25) is 4.98 Å². The minimum atomic E-state index is 0.805. The second-order valence-corrected chi connectivity index (χ2v) is 3.66. The largest absolute Gasteiger partial charge is 0.256 e. The Kier molecular flexibility index (Phi) is 1.97. The van der Waals surface area contributed by atoms with Crippen molar-refractivity contribution in [2.45, 2.75) is 13.8 Å². The smallest absolute Gasteiger partial charge is 0.0705 e. The zero-order chi connectivity index (χ0) is 9.42. The SMILES string of the molecule is Cc1cnc2ccc(Cl)c(C)c2c1. The van der Waals surface area contributed by atoms with Gasteiger partial charge >= 0.3 is 0 Å². The fourth-order valence-electron chi connectivity index (χ4n) is 1.42. The van der Waals surface area contributed by atoms with Crippen LogP contribution in [0.3, 0.4) is 0 Å². The summed E-state index contributed by atoms with van der Waals surface area (Å²) in [7, 11) is 0. The van der Waals surface area contributed by atoms with Gasteiger partial charge in [0.15, 0.2) is 0 Å². The number of hydrogen-bond donors (Lipinski definition) is 0. The molecule has 0 aliphatic carbocycles. The molecule has 1 nitrogen and oxygen atoms in total. The average molecular weight is 192 g/mol. The molecule has 0 bridgehead atoms. The molecule has 2 rings (SSSR count). The van der Waals surface area contributed by atoms with Crippen LogP contribution in [0.2, 0.25) is 5.02 Å². The normalized spacial score (nSPS) is 10.7. The maximum atomic E-state index is 6.01. The highest BCUT2D eigenvalue weighted by Gasteiger charge is 2.01. The van der Waals surface area contributed by atoms with E-state index in [9.17, 15) is 0 Å². The summed E-state index contributed by atoms with van der Waals surface area (Å²) in [6, 6.07) is 5.95. The summed E-state index contributed by atoms with van der Waals surface area (Å²) >= 11 is 6.01. The number of rotatable bonds is 0. The lowest BCUT2D eigenvalue weighted by atomic mass is 10.1. The lowest BCUT2D eigenvalue weighted by Crippen LogP contribution is -1.84. The molecule has 0 N–H and O–H groups in total. The molecule has 66 valence electrons. The van der Waals surface area contributed by atoms with Gasteiger partial charge in [-0.15, -0.1) is 0 Å². The van der Waals surface area contributed by atoms with E-state index in [1.807, 2.05) is 32.2 Å². The first kappa shape index (κ1) is 8.52. The van der Waals surface area contributed by atoms with Crippen LogP contribution in [0.1, 0.15) is 11.1 Å². The van der Waals surface area contributed by atoms with E-state index in [1.165, 1.54) is 0 Å². The van der Waals surface area contributed by atoms with Gasteiger partial charge in [0.25, 0.3) is 0 Å². The number of hydrogen-bond acceptors (Lipinski definition) is 1. The van der Waals surface area contributed by atoms with Crippen LogP contribution < -0.4 is 0 Å². The first-order valence-corrected chi connectivity index (χ1v) is 4.58. The molecule has 2 heteroatoms. The number of halogens is 1. The number of nitrogens with zero attached hydrogens (tertiary/aromatic N) is 1. The van der Waals surface area contributed by atoms with Crippen molar-refractivity contribution in [3.63, 3.8) is 0 Å². The van der Waals surface area contributed by atoms with Crippen molar-refractivity contribution in [2.75, 3.05) is 0 Å². The van der Waals surface area contributed by atoms with Gasteiger partial charge in [-0.2, -0.15) is 0 Å². The van der Waals surface area contributed by atoms with Crippen LogP contribution in [0.15, 0.2) is 24.4 Å². The fourth-order valence-corrected chi connectivity index (χ4v) is 1.58. The molecule has 0 radical (unpaired) electrons. The third kappa shape index (κ3) is 1.40. The number of aromatic nitrogens is 1. The summed E-state index contributed by atoms with van der Waals surface area (Å²) in [5.41, 5.74) is 3.28. The fraction of sp³-hybridized carbons (Fsp3) is 0.182. The molecule has 0 aliphatic heterocycles. The van der Waals surface area contributed by atoms with E-state index >= 15 is 0 Å². The Morgan fingerprint density at radius 3 is 2.77 bits per heavy atom. The van der Waals surface area contributed by atoms with Gasteiger partial charge in [-0.25, -0.2) is 0 Å². The van der Waals surface area contributed by atoms with Crippen molar-refractivity contribution in [2.24, 2.45) is 0 Å². The van der Waals surface area contributed by atoms with Crippen LogP contribution in [0.5, 0.6) is 0 Å². The second kappa shape index (κ2) is 3.00. The molecule has 13 heavy (non-hydrogen) atoms. The van der Waals surface area contributed by atoms with Crippen molar-refractivity contribution in [3.05, 3.63) is 40.5 Å². The minimum absolute atomic E-state index is 0.805. The third-order valence-corrected chi connectivity index (χ3v) is 2.61. The quantitative estimate of drug-likeness (QED) is 0.621. The monoisotopic (exact) mass is 191 g/mol. The van der Waals surface area contributed by atoms with Crippen molar-refractivity contribution in [3.8, 4) is 0 Å². The molecule has 0 atom stereocenters. The van der Waals surface area contributed by atoms with Gasteiger partial charge in [-0.05, 0) is 43.2 Å². The predicted octanol–water partition coefficient (Wildman–Crippen LogP) is 3.51. The molecule has 1 heterocycles. The van der Waals surface area contributed by atoms with Crippen LogP contribution >= 0.6 is 11.6 Å². The second-order valence-electron chi connectivity index (χ2n) is 3.25. The van der Waals surface area contributed by atoms with Gasteiger partial charge in [0.1, 0.15) is 0 Å². The topological polar surface area (TPSA) is 12.9 Å². The predicted molar refractivity (Wildman–Crippen MR) is 56.2 cm³/mol. The van der Waals surface area contributed by atoms with Crippen molar-refractivity contribution in [1.82, 2.24) is 4.98 Å². The summed E-state index contributed by atoms with van der Waals surface area (Å²) in [6.45, 7) is 4.05. The highest BCUT2D eigenvalue weighted by Crippen LogP contribution is 2.24. The zero-order valence-corrected chi connectivity index (χ0v) is 8.39. The molecular weight excluding hydrogens is 182 g/mol. The summed E-state index contributed by atoms with van der Waals surface area (Å²) in [6.07, 6.45) is 1.87. The Morgan fingerprint density at radius 1 is 1.23 bits per heavy atom. The van der Waals surface area contributed by atoms with E-state index in [2.05, 4.69) is 11.1 Å². The molecule has 2 aromatic rings. The molecule has 0 fully saturated rings. The molecule has 1 aromatic heterocycles. The van der Waals surface area contributed by atoms with Gasteiger partial charge in [0, 0.05) is 16.6 Å². The maximum Gasteiger partial charge on any atom is 0.0705 e. The first-order valence-electron chi connectivity index (χ1n) is 4.20. The molecule has 0 saturated carbocycles. The Balaban J connectivity index is 2.89. The molecule has 0 amide bonds. The maximum absolute atomic E-state index is 6.01.